The minimum atomic E-state index is 0.555. The van der Waals surface area contributed by atoms with Gasteiger partial charge in [0.15, 0.2) is 5.82 Å². The number of benzene rings is 1. The molecule has 8 heteroatoms. The van der Waals surface area contributed by atoms with E-state index < -0.39 is 0 Å². The Morgan fingerprint density at radius 1 is 1.10 bits per heavy atom. The number of nitrogens with one attached hydrogen (secondary N) is 1. The van der Waals surface area contributed by atoms with Crippen molar-refractivity contribution >= 4 is 0 Å². The second kappa shape index (κ2) is 6.71. The van der Waals surface area contributed by atoms with Crippen LogP contribution in [0.3, 0.4) is 0 Å². The van der Waals surface area contributed by atoms with Gasteiger partial charge in [0.25, 0.3) is 0 Å². The van der Waals surface area contributed by atoms with E-state index in [4.69, 9.17) is 4.74 Å². The van der Waals surface area contributed by atoms with Crippen molar-refractivity contribution in [2.24, 2.45) is 0 Å². The van der Waals surface area contributed by atoms with Crippen molar-refractivity contribution in [2.45, 2.75) is 13.0 Å². The number of hydrogen-bond donors (Lipinski definition) is 1. The Balaban J connectivity index is 1.43. The van der Waals surface area contributed by atoms with Gasteiger partial charge in [0.05, 0.1) is 26.0 Å². The van der Waals surface area contributed by atoms with Gasteiger partial charge in [-0.25, -0.2) is 4.68 Å². The van der Waals surface area contributed by atoms with Gasteiger partial charge in [0, 0.05) is 12.0 Å². The summed E-state index contributed by atoms with van der Waals surface area (Å²) in [6.45, 7) is 1.78. The van der Waals surface area contributed by atoms with Crippen LogP contribution < -0.4 is 0 Å². The van der Waals surface area contributed by atoms with Gasteiger partial charge in [0.1, 0.15) is 5.69 Å². The zero-order chi connectivity index (χ0) is 14.3. The first-order chi connectivity index (χ1) is 10.4. The van der Waals surface area contributed by atoms with Crippen LogP contribution in [-0.2, 0) is 17.7 Å². The van der Waals surface area contributed by atoms with Crippen molar-refractivity contribution in [3.8, 4) is 11.3 Å². The number of hydrogen-bond acceptors (Lipinski definition) is 6. The Morgan fingerprint density at radius 3 is 2.81 bits per heavy atom. The lowest BCUT2D eigenvalue weighted by Crippen LogP contribution is -2.09. The van der Waals surface area contributed by atoms with Gasteiger partial charge in [-0.2, -0.15) is 5.21 Å². The summed E-state index contributed by atoms with van der Waals surface area (Å²) in [6, 6.07) is 9.96. The predicted octanol–water partition coefficient (Wildman–Crippen LogP) is 0.717. The number of aromatic nitrogens is 7. The van der Waals surface area contributed by atoms with Crippen LogP contribution in [0.2, 0.25) is 0 Å². The van der Waals surface area contributed by atoms with E-state index in [-0.39, 0.29) is 0 Å². The predicted molar refractivity (Wildman–Crippen MR) is 74.2 cm³/mol. The number of nitrogens with zero attached hydrogens (tertiary/aromatic N) is 6. The lowest BCUT2D eigenvalue weighted by Gasteiger charge is -2.01. The van der Waals surface area contributed by atoms with E-state index in [2.05, 4.69) is 30.9 Å². The van der Waals surface area contributed by atoms with Crippen LogP contribution >= 0.6 is 0 Å². The molecule has 0 spiro atoms. The molecule has 2 aromatic heterocycles. The van der Waals surface area contributed by atoms with E-state index in [9.17, 15) is 0 Å². The first-order valence-corrected chi connectivity index (χ1v) is 6.67. The van der Waals surface area contributed by atoms with Crippen LogP contribution in [0.25, 0.3) is 11.3 Å². The summed E-state index contributed by atoms with van der Waals surface area (Å²) in [4.78, 5) is 0. The number of rotatable bonds is 7. The fraction of sp³-hybridized carbons (Fsp3) is 0.308. The van der Waals surface area contributed by atoms with E-state index in [0.717, 1.165) is 11.3 Å². The molecular formula is C13H15N7O. The van der Waals surface area contributed by atoms with E-state index in [0.29, 0.717) is 32.0 Å². The third kappa shape index (κ3) is 3.69. The summed E-state index contributed by atoms with van der Waals surface area (Å²) in [5, 5.41) is 21.8. The second-order valence-electron chi connectivity index (χ2n) is 4.42. The fourth-order valence-electron chi connectivity index (χ4n) is 1.86. The first kappa shape index (κ1) is 13.4. The zero-order valence-electron chi connectivity index (χ0n) is 11.4. The Hall–Kier alpha value is -2.61. The van der Waals surface area contributed by atoms with Crippen LogP contribution in [0.4, 0.5) is 0 Å². The molecule has 3 aromatic rings. The highest BCUT2D eigenvalue weighted by Gasteiger charge is 2.03. The molecule has 21 heavy (non-hydrogen) atoms. The van der Waals surface area contributed by atoms with Gasteiger partial charge in [-0.05, 0) is 0 Å². The van der Waals surface area contributed by atoms with E-state index in [1.54, 1.807) is 4.68 Å². The molecule has 1 aromatic carbocycles. The smallest absolute Gasteiger partial charge is 0.176 e. The summed E-state index contributed by atoms with van der Waals surface area (Å²) in [5.74, 6) is 0.655. The van der Waals surface area contributed by atoms with Crippen molar-refractivity contribution in [1.29, 1.82) is 0 Å². The fourth-order valence-corrected chi connectivity index (χ4v) is 1.86. The Labute approximate surface area is 121 Å². The zero-order valence-corrected chi connectivity index (χ0v) is 11.4. The topological polar surface area (TPSA) is 94.4 Å². The molecule has 0 atom stereocenters. The number of aromatic amines is 1. The summed E-state index contributed by atoms with van der Waals surface area (Å²) in [6.07, 6.45) is 2.56. The quantitative estimate of drug-likeness (QED) is 0.643. The van der Waals surface area contributed by atoms with E-state index in [1.807, 2.05) is 36.5 Å². The highest BCUT2D eigenvalue weighted by Crippen LogP contribution is 2.14. The summed E-state index contributed by atoms with van der Waals surface area (Å²) >= 11 is 0. The Bertz CT molecular complexity index is 650. The molecule has 0 saturated heterocycles. The third-order valence-corrected chi connectivity index (χ3v) is 2.93. The summed E-state index contributed by atoms with van der Waals surface area (Å²) in [5.41, 5.74) is 1.92. The molecule has 0 unspecified atom stereocenters. The minimum absolute atomic E-state index is 0.555. The Morgan fingerprint density at radius 2 is 2.00 bits per heavy atom. The van der Waals surface area contributed by atoms with Gasteiger partial charge < -0.3 is 4.74 Å². The van der Waals surface area contributed by atoms with Crippen LogP contribution in [-0.4, -0.2) is 48.8 Å². The molecule has 8 nitrogen and oxygen atoms in total. The molecular weight excluding hydrogens is 270 g/mol. The van der Waals surface area contributed by atoms with Crippen LogP contribution in [0.5, 0.6) is 0 Å². The van der Waals surface area contributed by atoms with Gasteiger partial charge in [0.2, 0.25) is 0 Å². The maximum absolute atomic E-state index is 5.52. The third-order valence-electron chi connectivity index (χ3n) is 2.93. The van der Waals surface area contributed by atoms with E-state index in [1.165, 1.54) is 0 Å². The normalized spacial score (nSPS) is 10.9. The average Bonchev–Trinajstić information content (AvgIpc) is 3.19. The summed E-state index contributed by atoms with van der Waals surface area (Å²) in [7, 11) is 0. The molecule has 0 amide bonds. The molecule has 2 heterocycles. The number of H-pyrrole nitrogens is 1. The standard InChI is InChI=1S/C13H15N7O/c1-2-4-11(5-3-1)12-10-20(19-14-12)7-9-21-8-6-13-15-17-18-16-13/h1-5,10H,6-9H2,(H,15,16,17,18). The maximum Gasteiger partial charge on any atom is 0.176 e. The minimum Gasteiger partial charge on any atom is -0.379 e. The molecule has 0 saturated carbocycles. The van der Waals surface area contributed by atoms with Crippen molar-refractivity contribution in [2.75, 3.05) is 13.2 Å². The van der Waals surface area contributed by atoms with Crippen molar-refractivity contribution in [1.82, 2.24) is 35.6 Å². The van der Waals surface area contributed by atoms with Gasteiger partial charge in [-0.3, -0.25) is 0 Å². The van der Waals surface area contributed by atoms with Gasteiger partial charge in [-0.15, -0.1) is 15.3 Å². The molecule has 0 aliphatic carbocycles. The molecule has 3 rings (SSSR count). The molecule has 0 fully saturated rings. The maximum atomic E-state index is 5.52. The molecule has 0 aliphatic rings. The Kier molecular flexibility index (Phi) is 4.27. The van der Waals surface area contributed by atoms with Crippen LogP contribution in [0.1, 0.15) is 5.82 Å². The molecule has 0 radical (unpaired) electrons. The van der Waals surface area contributed by atoms with Crippen LogP contribution in [0.15, 0.2) is 36.5 Å². The van der Waals surface area contributed by atoms with Gasteiger partial charge in [-0.1, -0.05) is 40.8 Å². The monoisotopic (exact) mass is 285 g/mol. The lowest BCUT2D eigenvalue weighted by molar-refractivity contribution is 0.125. The SMILES string of the molecule is c1ccc(-c2cn(CCOCCc3nn[nH]n3)nn2)cc1. The second-order valence-corrected chi connectivity index (χ2v) is 4.42. The molecule has 1 N–H and O–H groups in total. The van der Waals surface area contributed by atoms with Crippen molar-refractivity contribution in [3.63, 3.8) is 0 Å². The molecule has 0 aliphatic heterocycles. The van der Waals surface area contributed by atoms with Crippen molar-refractivity contribution in [3.05, 3.63) is 42.4 Å². The van der Waals surface area contributed by atoms with Gasteiger partial charge >= 0.3 is 0 Å². The van der Waals surface area contributed by atoms with E-state index >= 15 is 0 Å². The first-order valence-electron chi connectivity index (χ1n) is 6.67. The molecule has 108 valence electrons. The van der Waals surface area contributed by atoms with Crippen LogP contribution in [0, 0.1) is 0 Å². The largest absolute Gasteiger partial charge is 0.379 e. The molecule has 0 bridgehead atoms. The number of tetrazole rings is 1. The summed E-state index contributed by atoms with van der Waals surface area (Å²) < 4.78 is 7.29. The lowest BCUT2D eigenvalue weighted by atomic mass is 10.2. The highest BCUT2D eigenvalue weighted by atomic mass is 16.5. The van der Waals surface area contributed by atoms with Crippen molar-refractivity contribution < 1.29 is 4.74 Å². The highest BCUT2D eigenvalue weighted by molar-refractivity contribution is 5.56. The average molecular weight is 285 g/mol. The number of ether oxygens (including phenoxy) is 1.